The highest BCUT2D eigenvalue weighted by molar-refractivity contribution is 5.89. The molecule has 1 fully saturated rings. The topological polar surface area (TPSA) is 76.2 Å². The number of nitrogens with one attached hydrogen (secondary N) is 1. The summed E-state index contributed by atoms with van der Waals surface area (Å²) in [5.41, 5.74) is 1.64. The lowest BCUT2D eigenvalue weighted by molar-refractivity contribution is 0.122. The minimum absolute atomic E-state index is 0.198. The average molecular weight is 384 g/mol. The highest BCUT2D eigenvalue weighted by Gasteiger charge is 2.15. The number of nitrogens with zero attached hydrogens (tertiary/aromatic N) is 3. The van der Waals surface area contributed by atoms with E-state index in [-0.39, 0.29) is 6.03 Å². The number of pyridine rings is 1. The molecule has 148 valence electrons. The molecule has 0 spiro atoms. The van der Waals surface area contributed by atoms with Gasteiger partial charge in [0.2, 0.25) is 0 Å². The first kappa shape index (κ1) is 18.4. The maximum atomic E-state index is 12.5. The fourth-order valence-electron chi connectivity index (χ4n) is 3.19. The third-order valence-electron chi connectivity index (χ3n) is 4.71. The van der Waals surface area contributed by atoms with Crippen molar-refractivity contribution in [1.82, 2.24) is 9.88 Å². The van der Waals surface area contributed by atoms with Gasteiger partial charge in [-0.15, -0.1) is 0 Å². The third-order valence-corrected chi connectivity index (χ3v) is 4.71. The van der Waals surface area contributed by atoms with E-state index in [1.807, 2.05) is 30.3 Å². The first-order chi connectivity index (χ1) is 13.7. The van der Waals surface area contributed by atoms with E-state index in [0.29, 0.717) is 38.7 Å². The lowest BCUT2D eigenvalue weighted by Gasteiger charge is -2.27. The average Bonchev–Trinajstić information content (AvgIpc) is 2.75. The molecule has 0 aliphatic carbocycles. The SMILES string of the molecule is CN(Cc1ccc2c(c1)OCCO2)C(=O)Nc1ccc(N2CCOCC2)nc1. The van der Waals surface area contributed by atoms with Crippen LogP contribution in [0.4, 0.5) is 16.3 Å². The van der Waals surface area contributed by atoms with Gasteiger partial charge in [-0.25, -0.2) is 9.78 Å². The maximum Gasteiger partial charge on any atom is 0.321 e. The highest BCUT2D eigenvalue weighted by atomic mass is 16.6. The van der Waals surface area contributed by atoms with Gasteiger partial charge in [0.15, 0.2) is 11.5 Å². The molecule has 2 aliphatic heterocycles. The number of morpholine rings is 1. The van der Waals surface area contributed by atoms with Gasteiger partial charge in [0.1, 0.15) is 19.0 Å². The quantitative estimate of drug-likeness (QED) is 0.872. The van der Waals surface area contributed by atoms with Gasteiger partial charge in [0.25, 0.3) is 0 Å². The molecule has 1 N–H and O–H groups in total. The largest absolute Gasteiger partial charge is 0.486 e. The van der Waals surface area contributed by atoms with Crippen LogP contribution in [0.15, 0.2) is 36.5 Å². The molecule has 8 heteroatoms. The van der Waals surface area contributed by atoms with Gasteiger partial charge in [-0.1, -0.05) is 6.07 Å². The number of carbonyl (C=O) groups is 1. The van der Waals surface area contributed by atoms with Crippen LogP contribution in [0.3, 0.4) is 0 Å². The van der Waals surface area contributed by atoms with Crippen LogP contribution in [-0.4, -0.2) is 62.5 Å². The first-order valence-corrected chi connectivity index (χ1v) is 9.38. The summed E-state index contributed by atoms with van der Waals surface area (Å²) in [5.74, 6) is 2.36. The fraction of sp³-hybridized carbons (Fsp3) is 0.400. The molecule has 3 heterocycles. The van der Waals surface area contributed by atoms with Crippen molar-refractivity contribution in [3.63, 3.8) is 0 Å². The number of urea groups is 1. The molecular weight excluding hydrogens is 360 g/mol. The maximum absolute atomic E-state index is 12.5. The van der Waals surface area contributed by atoms with Crippen molar-refractivity contribution < 1.29 is 19.0 Å². The first-order valence-electron chi connectivity index (χ1n) is 9.38. The minimum Gasteiger partial charge on any atom is -0.486 e. The van der Waals surface area contributed by atoms with Crippen molar-refractivity contribution >= 4 is 17.5 Å². The summed E-state index contributed by atoms with van der Waals surface area (Å²) in [4.78, 5) is 20.7. The van der Waals surface area contributed by atoms with E-state index in [0.717, 1.165) is 36.0 Å². The molecule has 1 aromatic heterocycles. The third kappa shape index (κ3) is 4.28. The normalized spacial score (nSPS) is 15.8. The molecule has 2 aromatic rings. The summed E-state index contributed by atoms with van der Waals surface area (Å²) in [7, 11) is 1.75. The number of fused-ring (bicyclic) bond motifs is 1. The Bertz CT molecular complexity index is 821. The molecule has 1 saturated heterocycles. The van der Waals surface area contributed by atoms with Gasteiger partial charge in [-0.2, -0.15) is 0 Å². The molecule has 0 radical (unpaired) electrons. The van der Waals surface area contributed by atoms with E-state index >= 15 is 0 Å². The Hall–Kier alpha value is -3.00. The van der Waals surface area contributed by atoms with Gasteiger partial charge in [-0.3, -0.25) is 0 Å². The van der Waals surface area contributed by atoms with Gasteiger partial charge < -0.3 is 29.3 Å². The molecule has 2 amide bonds. The minimum atomic E-state index is -0.198. The Kier molecular flexibility index (Phi) is 5.48. The van der Waals surface area contributed by atoms with Crippen LogP contribution in [0.1, 0.15) is 5.56 Å². The van der Waals surface area contributed by atoms with Crippen LogP contribution in [0.2, 0.25) is 0 Å². The number of carbonyl (C=O) groups excluding carboxylic acids is 1. The van der Waals surface area contributed by atoms with Crippen molar-refractivity contribution in [3.05, 3.63) is 42.1 Å². The highest BCUT2D eigenvalue weighted by Crippen LogP contribution is 2.31. The van der Waals surface area contributed by atoms with Crippen LogP contribution in [-0.2, 0) is 11.3 Å². The standard InChI is InChI=1S/C20H24N4O4/c1-23(14-15-2-4-17-18(12-15)28-11-10-27-17)20(25)22-16-3-5-19(21-13-16)24-6-8-26-9-7-24/h2-5,12-13H,6-11,14H2,1H3,(H,22,25). The molecular formula is C20H24N4O4. The second kappa shape index (κ2) is 8.35. The number of rotatable bonds is 4. The molecule has 8 nitrogen and oxygen atoms in total. The molecule has 4 rings (SSSR count). The van der Waals surface area contributed by atoms with E-state index in [4.69, 9.17) is 14.2 Å². The van der Waals surface area contributed by atoms with E-state index in [1.54, 1.807) is 18.1 Å². The van der Waals surface area contributed by atoms with Gasteiger partial charge in [-0.05, 0) is 29.8 Å². The summed E-state index contributed by atoms with van der Waals surface area (Å²) in [6.07, 6.45) is 1.68. The van der Waals surface area contributed by atoms with Crippen molar-refractivity contribution in [2.75, 3.05) is 56.8 Å². The monoisotopic (exact) mass is 384 g/mol. The Morgan fingerprint density at radius 3 is 2.64 bits per heavy atom. The Morgan fingerprint density at radius 1 is 1.11 bits per heavy atom. The number of aromatic nitrogens is 1. The number of hydrogen-bond donors (Lipinski definition) is 1. The molecule has 0 bridgehead atoms. The number of ether oxygens (including phenoxy) is 3. The van der Waals surface area contributed by atoms with Crippen LogP contribution in [0.5, 0.6) is 11.5 Å². The molecule has 2 aliphatic rings. The Morgan fingerprint density at radius 2 is 1.89 bits per heavy atom. The van der Waals surface area contributed by atoms with Crippen molar-refractivity contribution in [1.29, 1.82) is 0 Å². The number of amides is 2. The van der Waals surface area contributed by atoms with Crippen LogP contribution < -0.4 is 19.7 Å². The van der Waals surface area contributed by atoms with Gasteiger partial charge in [0.05, 0.1) is 25.1 Å². The molecule has 0 unspecified atom stereocenters. The number of benzene rings is 1. The predicted molar refractivity (Wildman–Crippen MR) is 105 cm³/mol. The molecule has 28 heavy (non-hydrogen) atoms. The second-order valence-electron chi connectivity index (χ2n) is 6.77. The Labute approximate surface area is 164 Å². The molecule has 1 aromatic carbocycles. The number of anilines is 2. The zero-order valence-corrected chi connectivity index (χ0v) is 15.9. The van der Waals surface area contributed by atoms with E-state index in [2.05, 4.69) is 15.2 Å². The summed E-state index contributed by atoms with van der Waals surface area (Å²) in [5, 5.41) is 2.88. The lowest BCUT2D eigenvalue weighted by Crippen LogP contribution is -2.36. The van der Waals surface area contributed by atoms with Crippen LogP contribution >= 0.6 is 0 Å². The second-order valence-corrected chi connectivity index (χ2v) is 6.77. The fourth-order valence-corrected chi connectivity index (χ4v) is 3.19. The Balaban J connectivity index is 1.34. The summed E-state index contributed by atoms with van der Waals surface area (Å²) >= 11 is 0. The zero-order valence-electron chi connectivity index (χ0n) is 15.9. The van der Waals surface area contributed by atoms with Crippen molar-refractivity contribution in [2.45, 2.75) is 6.54 Å². The number of hydrogen-bond acceptors (Lipinski definition) is 6. The summed E-state index contributed by atoms with van der Waals surface area (Å²) in [6, 6.07) is 9.32. The van der Waals surface area contributed by atoms with Gasteiger partial charge in [0, 0.05) is 26.7 Å². The van der Waals surface area contributed by atoms with Gasteiger partial charge >= 0.3 is 6.03 Å². The molecule has 0 saturated carbocycles. The van der Waals surface area contributed by atoms with Crippen LogP contribution in [0.25, 0.3) is 0 Å². The zero-order chi connectivity index (χ0) is 19.3. The van der Waals surface area contributed by atoms with E-state index in [1.165, 1.54) is 0 Å². The lowest BCUT2D eigenvalue weighted by atomic mass is 10.2. The van der Waals surface area contributed by atoms with E-state index in [9.17, 15) is 4.79 Å². The van der Waals surface area contributed by atoms with Crippen LogP contribution in [0, 0.1) is 0 Å². The smallest absolute Gasteiger partial charge is 0.321 e. The van der Waals surface area contributed by atoms with Crippen molar-refractivity contribution in [3.8, 4) is 11.5 Å². The summed E-state index contributed by atoms with van der Waals surface area (Å²) < 4.78 is 16.5. The van der Waals surface area contributed by atoms with Crippen molar-refractivity contribution in [2.24, 2.45) is 0 Å². The summed E-state index contributed by atoms with van der Waals surface area (Å²) in [6.45, 7) is 4.65. The molecule has 0 atom stereocenters. The predicted octanol–water partition coefficient (Wildman–Crippen LogP) is 2.35. The van der Waals surface area contributed by atoms with E-state index < -0.39 is 0 Å².